The van der Waals surface area contributed by atoms with Crippen molar-refractivity contribution >= 4 is 45.6 Å². The van der Waals surface area contributed by atoms with Crippen LogP contribution in [-0.4, -0.2) is 12.5 Å². The van der Waals surface area contributed by atoms with Crippen molar-refractivity contribution in [3.05, 3.63) is 51.6 Å². The van der Waals surface area contributed by atoms with Crippen LogP contribution in [-0.2, 0) is 0 Å². The highest BCUT2D eigenvalue weighted by Crippen LogP contribution is 2.24. The van der Waals surface area contributed by atoms with Crippen LogP contribution in [0.5, 0.6) is 0 Å². The summed E-state index contributed by atoms with van der Waals surface area (Å²) >= 11 is 2.25. The first-order chi connectivity index (χ1) is 9.60. The number of benzene rings is 2. The molecule has 5 heteroatoms. The van der Waals surface area contributed by atoms with E-state index < -0.39 is 0 Å². The molecule has 0 atom stereocenters. The van der Waals surface area contributed by atoms with Gasteiger partial charge in [0.05, 0.1) is 11.3 Å². The van der Waals surface area contributed by atoms with Gasteiger partial charge in [0.2, 0.25) is 0 Å². The summed E-state index contributed by atoms with van der Waals surface area (Å²) in [5, 5.41) is 6.05. The largest absolute Gasteiger partial charge is 0.399 e. The van der Waals surface area contributed by atoms with Gasteiger partial charge >= 0.3 is 0 Å². The molecule has 0 aliphatic carbocycles. The highest BCUT2D eigenvalue weighted by atomic mass is 127. The van der Waals surface area contributed by atoms with E-state index in [1.54, 1.807) is 18.2 Å². The maximum absolute atomic E-state index is 12.0. The van der Waals surface area contributed by atoms with E-state index in [9.17, 15) is 4.79 Å². The summed E-state index contributed by atoms with van der Waals surface area (Å²) in [7, 11) is 0. The predicted octanol–water partition coefficient (Wildman–Crippen LogP) is 3.37. The first-order valence-corrected chi connectivity index (χ1v) is 7.38. The molecule has 2 rings (SSSR count). The lowest BCUT2D eigenvalue weighted by molar-refractivity contribution is 0.0956. The maximum Gasteiger partial charge on any atom is 0.253 e. The third-order valence-corrected chi connectivity index (χ3v) is 3.40. The van der Waals surface area contributed by atoms with Gasteiger partial charge in [0.1, 0.15) is 0 Å². The number of carbonyl (C=O) groups excluding carboxylic acids is 1. The van der Waals surface area contributed by atoms with E-state index in [1.165, 1.54) is 0 Å². The molecule has 0 radical (unpaired) electrons. The van der Waals surface area contributed by atoms with Crippen LogP contribution in [0.3, 0.4) is 0 Å². The summed E-state index contributed by atoms with van der Waals surface area (Å²) in [6.07, 6.45) is 0. The van der Waals surface area contributed by atoms with Crippen molar-refractivity contribution in [2.24, 2.45) is 0 Å². The van der Waals surface area contributed by atoms with Crippen molar-refractivity contribution in [1.29, 1.82) is 0 Å². The third kappa shape index (κ3) is 3.63. The molecule has 4 N–H and O–H groups in total. The molecule has 0 aromatic heterocycles. The predicted molar refractivity (Wildman–Crippen MR) is 91.3 cm³/mol. The van der Waals surface area contributed by atoms with E-state index in [2.05, 4.69) is 33.2 Å². The van der Waals surface area contributed by atoms with Gasteiger partial charge in [-0.3, -0.25) is 4.79 Å². The second-order valence-corrected chi connectivity index (χ2v) is 5.55. The van der Waals surface area contributed by atoms with Gasteiger partial charge in [-0.2, -0.15) is 0 Å². The highest BCUT2D eigenvalue weighted by Gasteiger charge is 2.11. The third-order valence-electron chi connectivity index (χ3n) is 2.73. The molecule has 2 aromatic carbocycles. The van der Waals surface area contributed by atoms with Gasteiger partial charge in [-0.05, 0) is 65.9 Å². The molecule has 0 bridgehead atoms. The molecule has 1 amide bonds. The molecule has 2 aromatic rings. The Morgan fingerprint density at radius 1 is 1.25 bits per heavy atom. The van der Waals surface area contributed by atoms with E-state index in [0.717, 1.165) is 9.26 Å². The van der Waals surface area contributed by atoms with Crippen LogP contribution in [0.25, 0.3) is 0 Å². The lowest BCUT2D eigenvalue weighted by atomic mass is 10.1. The molecule has 0 saturated carbocycles. The summed E-state index contributed by atoms with van der Waals surface area (Å²) in [6.45, 7) is 2.48. The van der Waals surface area contributed by atoms with Crippen LogP contribution < -0.4 is 16.4 Å². The zero-order valence-electron chi connectivity index (χ0n) is 11.1. The second-order valence-electron chi connectivity index (χ2n) is 4.30. The van der Waals surface area contributed by atoms with Gasteiger partial charge < -0.3 is 16.4 Å². The molecule has 0 aliphatic heterocycles. The molecule has 0 spiro atoms. The Morgan fingerprint density at radius 3 is 2.75 bits per heavy atom. The molecule has 4 nitrogen and oxygen atoms in total. The van der Waals surface area contributed by atoms with Crippen LogP contribution in [0.1, 0.15) is 17.3 Å². The van der Waals surface area contributed by atoms with Crippen molar-refractivity contribution in [3.63, 3.8) is 0 Å². The summed E-state index contributed by atoms with van der Waals surface area (Å²) in [5.41, 5.74) is 8.64. The minimum Gasteiger partial charge on any atom is -0.399 e. The van der Waals surface area contributed by atoms with E-state index in [4.69, 9.17) is 5.73 Å². The summed E-state index contributed by atoms with van der Waals surface area (Å²) < 4.78 is 1.12. The molecule has 104 valence electrons. The van der Waals surface area contributed by atoms with E-state index in [-0.39, 0.29) is 5.91 Å². The normalized spacial score (nSPS) is 10.1. The van der Waals surface area contributed by atoms with Crippen molar-refractivity contribution in [3.8, 4) is 0 Å². The number of halogens is 1. The summed E-state index contributed by atoms with van der Waals surface area (Å²) in [4.78, 5) is 12.0. The highest BCUT2D eigenvalue weighted by molar-refractivity contribution is 14.1. The molecule has 0 heterocycles. The topological polar surface area (TPSA) is 67.2 Å². The lowest BCUT2D eigenvalue weighted by Gasteiger charge is -2.13. The Balaban J connectivity index is 2.34. The van der Waals surface area contributed by atoms with Gasteiger partial charge in [0.15, 0.2) is 0 Å². The molecule has 0 fully saturated rings. The van der Waals surface area contributed by atoms with Crippen LogP contribution in [0, 0.1) is 3.57 Å². The second kappa shape index (κ2) is 6.60. The van der Waals surface area contributed by atoms with Crippen LogP contribution >= 0.6 is 22.6 Å². The maximum atomic E-state index is 12.0. The Morgan fingerprint density at radius 2 is 2.05 bits per heavy atom. The summed E-state index contributed by atoms with van der Waals surface area (Å²) in [5.74, 6) is -0.111. The fraction of sp³-hybridized carbons (Fsp3) is 0.133. The van der Waals surface area contributed by atoms with Gasteiger partial charge in [0.25, 0.3) is 5.91 Å². The molecular formula is C15H16IN3O. The standard InChI is InChI=1S/C15H16IN3O/c1-2-18-15(20)13-7-6-11(17)9-14(13)19-12-5-3-4-10(16)8-12/h3-9,19H,2,17H2,1H3,(H,18,20). The summed E-state index contributed by atoms with van der Waals surface area (Å²) in [6, 6.07) is 13.2. The van der Waals surface area contributed by atoms with E-state index >= 15 is 0 Å². The van der Waals surface area contributed by atoms with Crippen LogP contribution in [0.15, 0.2) is 42.5 Å². The quantitative estimate of drug-likeness (QED) is 0.562. The first kappa shape index (κ1) is 14.6. The van der Waals surface area contributed by atoms with Crippen molar-refractivity contribution in [2.45, 2.75) is 6.92 Å². The minimum atomic E-state index is -0.111. The van der Waals surface area contributed by atoms with Gasteiger partial charge in [-0.1, -0.05) is 6.07 Å². The van der Waals surface area contributed by atoms with Crippen molar-refractivity contribution in [2.75, 3.05) is 17.6 Å². The number of carbonyl (C=O) groups is 1. The zero-order chi connectivity index (χ0) is 14.5. The number of nitrogens with two attached hydrogens (primary N) is 1. The van der Waals surface area contributed by atoms with E-state index in [0.29, 0.717) is 23.5 Å². The molecular weight excluding hydrogens is 365 g/mol. The van der Waals surface area contributed by atoms with Crippen molar-refractivity contribution < 1.29 is 4.79 Å². The molecule has 0 aliphatic rings. The van der Waals surface area contributed by atoms with Gasteiger partial charge in [-0.25, -0.2) is 0 Å². The number of rotatable bonds is 4. The van der Waals surface area contributed by atoms with Gasteiger partial charge in [0, 0.05) is 21.5 Å². The zero-order valence-corrected chi connectivity index (χ0v) is 13.3. The minimum absolute atomic E-state index is 0.111. The number of anilines is 3. The number of hydrogen-bond donors (Lipinski definition) is 3. The molecule has 0 unspecified atom stereocenters. The lowest BCUT2D eigenvalue weighted by Crippen LogP contribution is -2.23. The van der Waals surface area contributed by atoms with Crippen molar-refractivity contribution in [1.82, 2.24) is 5.32 Å². The smallest absolute Gasteiger partial charge is 0.253 e. The van der Waals surface area contributed by atoms with Crippen LogP contribution in [0.2, 0.25) is 0 Å². The SMILES string of the molecule is CCNC(=O)c1ccc(N)cc1Nc1cccc(I)c1. The van der Waals surface area contributed by atoms with E-state index in [1.807, 2.05) is 31.2 Å². The Labute approximate surface area is 131 Å². The fourth-order valence-electron chi connectivity index (χ4n) is 1.84. The number of nitrogen functional groups attached to an aromatic ring is 1. The Kier molecular flexibility index (Phi) is 4.84. The monoisotopic (exact) mass is 381 g/mol. The fourth-order valence-corrected chi connectivity index (χ4v) is 2.38. The average molecular weight is 381 g/mol. The molecule has 20 heavy (non-hydrogen) atoms. The average Bonchev–Trinajstić information content (AvgIpc) is 2.39. The van der Waals surface area contributed by atoms with Gasteiger partial charge in [-0.15, -0.1) is 0 Å². The van der Waals surface area contributed by atoms with Crippen LogP contribution in [0.4, 0.5) is 17.1 Å². The number of amides is 1. The first-order valence-electron chi connectivity index (χ1n) is 6.30. The Bertz CT molecular complexity index is 628. The number of nitrogens with one attached hydrogen (secondary N) is 2. The molecule has 0 saturated heterocycles. The number of hydrogen-bond acceptors (Lipinski definition) is 3. The Hall–Kier alpha value is -1.76.